The first kappa shape index (κ1) is 19.0. The van der Waals surface area contributed by atoms with Gasteiger partial charge < -0.3 is 4.57 Å². The summed E-state index contributed by atoms with van der Waals surface area (Å²) in [4.78, 5) is 4.63. The number of nitrogens with one attached hydrogen (secondary N) is 1. The maximum atomic E-state index is 4.63. The van der Waals surface area contributed by atoms with Crippen LogP contribution in [0.3, 0.4) is 0 Å². The molecule has 0 spiro atoms. The minimum atomic E-state index is 0.506. The van der Waals surface area contributed by atoms with Gasteiger partial charge in [-0.15, -0.1) is 10.2 Å². The number of anilines is 1. The summed E-state index contributed by atoms with van der Waals surface area (Å²) in [7, 11) is 0. The average molecular weight is 447 g/mol. The number of fused-ring (bicyclic) bond motifs is 1. The third-order valence-electron chi connectivity index (χ3n) is 4.29. The zero-order valence-electron chi connectivity index (χ0n) is 15.8. The minimum Gasteiger partial charge on any atom is -0.303 e. The fourth-order valence-electron chi connectivity index (χ4n) is 2.87. The van der Waals surface area contributed by atoms with Crippen LogP contribution in [0.15, 0.2) is 98.7 Å². The second kappa shape index (κ2) is 8.79. The van der Waals surface area contributed by atoms with Crippen LogP contribution in [0.1, 0.15) is 12.5 Å². The van der Waals surface area contributed by atoms with E-state index in [1.165, 1.54) is 5.56 Å². The molecule has 0 radical (unpaired) electrons. The Kier molecular flexibility index (Phi) is 5.76. The Bertz CT molecular complexity index is 1160. The van der Waals surface area contributed by atoms with Gasteiger partial charge in [0.25, 0.3) is 5.95 Å². The van der Waals surface area contributed by atoms with Crippen LogP contribution in [-0.4, -0.2) is 15.4 Å². The Morgan fingerprint density at radius 1 is 0.966 bits per heavy atom. The summed E-state index contributed by atoms with van der Waals surface area (Å²) in [6, 6.07) is 26.0. The van der Waals surface area contributed by atoms with Crippen LogP contribution in [0.5, 0.6) is 0 Å². The summed E-state index contributed by atoms with van der Waals surface area (Å²) in [6.45, 7) is 2.46. The highest BCUT2D eigenvalue weighted by atomic mass is 79.9. The molecule has 0 bridgehead atoms. The molecular formula is C22H19BrN6. The highest BCUT2D eigenvalue weighted by Gasteiger charge is 2.10. The van der Waals surface area contributed by atoms with E-state index in [-0.39, 0.29) is 0 Å². The topological polar surface area (TPSA) is 66.9 Å². The molecule has 0 aliphatic rings. The summed E-state index contributed by atoms with van der Waals surface area (Å²) in [6.07, 6.45) is 0. The van der Waals surface area contributed by atoms with Crippen LogP contribution in [0.4, 0.5) is 11.6 Å². The molecule has 0 fully saturated rings. The highest BCUT2D eigenvalue weighted by Crippen LogP contribution is 2.23. The molecule has 1 aromatic heterocycles. The van der Waals surface area contributed by atoms with Crippen LogP contribution in [0, 0.1) is 0 Å². The molecule has 0 amide bonds. The molecule has 0 unspecified atom stereocenters. The first-order valence-corrected chi connectivity index (χ1v) is 9.95. The molecule has 0 saturated heterocycles. The number of hydrazone groups is 1. The highest BCUT2D eigenvalue weighted by molar-refractivity contribution is 9.10. The number of imidazole rings is 1. The lowest BCUT2D eigenvalue weighted by Gasteiger charge is -2.06. The zero-order valence-corrected chi connectivity index (χ0v) is 17.4. The number of halogens is 1. The van der Waals surface area contributed by atoms with E-state index in [1.807, 2.05) is 66.7 Å². The first-order valence-electron chi connectivity index (χ1n) is 9.16. The van der Waals surface area contributed by atoms with Crippen molar-refractivity contribution in [2.75, 3.05) is 5.43 Å². The second-order valence-corrected chi connectivity index (χ2v) is 7.37. The maximum Gasteiger partial charge on any atom is 0.250 e. The Morgan fingerprint density at radius 2 is 1.69 bits per heavy atom. The number of amidine groups is 1. The van der Waals surface area contributed by atoms with E-state index in [0.717, 1.165) is 21.2 Å². The fourth-order valence-corrected chi connectivity index (χ4v) is 3.13. The van der Waals surface area contributed by atoms with Crippen LogP contribution < -0.4 is 5.43 Å². The van der Waals surface area contributed by atoms with Crippen molar-refractivity contribution in [2.45, 2.75) is 13.5 Å². The summed E-state index contributed by atoms with van der Waals surface area (Å²) < 4.78 is 3.07. The van der Waals surface area contributed by atoms with Gasteiger partial charge in [0.05, 0.1) is 23.3 Å². The quantitative estimate of drug-likeness (QED) is 0.167. The van der Waals surface area contributed by atoms with Crippen molar-refractivity contribution in [2.24, 2.45) is 15.3 Å². The van der Waals surface area contributed by atoms with Gasteiger partial charge in [0, 0.05) is 4.47 Å². The molecule has 0 aliphatic carbocycles. The van der Waals surface area contributed by atoms with Crippen molar-refractivity contribution in [3.8, 4) is 0 Å². The number of hydrogen-bond acceptors (Lipinski definition) is 4. The molecule has 1 heterocycles. The normalized spacial score (nSPS) is 12.0. The van der Waals surface area contributed by atoms with Crippen LogP contribution in [0.2, 0.25) is 0 Å². The molecule has 144 valence electrons. The predicted molar refractivity (Wildman–Crippen MR) is 121 cm³/mol. The molecule has 1 N–H and O–H groups in total. The number of nitrogens with zero attached hydrogens (tertiary/aromatic N) is 5. The summed E-state index contributed by atoms with van der Waals surface area (Å²) >= 11 is 3.41. The number of azo groups is 1. The van der Waals surface area contributed by atoms with Crippen LogP contribution in [0.25, 0.3) is 11.0 Å². The standard InChI is InChI=1S/C22H19BrN6/c1-16(25-27-19-13-11-18(23)12-14-19)26-28-22-24-20-9-5-6-10-21(20)29(22)15-17-7-3-2-4-8-17/h2-14,27H,15H2,1H3. The van der Waals surface area contributed by atoms with Gasteiger partial charge >= 0.3 is 0 Å². The van der Waals surface area contributed by atoms with E-state index >= 15 is 0 Å². The third kappa shape index (κ3) is 4.75. The van der Waals surface area contributed by atoms with Crippen molar-refractivity contribution in [1.29, 1.82) is 0 Å². The van der Waals surface area contributed by atoms with Gasteiger partial charge in [-0.3, -0.25) is 5.43 Å². The first-order chi connectivity index (χ1) is 14.2. The molecule has 29 heavy (non-hydrogen) atoms. The number of hydrogen-bond donors (Lipinski definition) is 1. The van der Waals surface area contributed by atoms with Gasteiger partial charge in [-0.25, -0.2) is 4.98 Å². The van der Waals surface area contributed by atoms with Crippen LogP contribution >= 0.6 is 15.9 Å². The minimum absolute atomic E-state index is 0.506. The van der Waals surface area contributed by atoms with Crippen molar-refractivity contribution < 1.29 is 0 Å². The molecule has 7 heteroatoms. The van der Waals surface area contributed by atoms with Gasteiger partial charge in [0.15, 0.2) is 5.84 Å². The fraction of sp³-hybridized carbons (Fsp3) is 0.0909. The Hall–Kier alpha value is -3.32. The molecule has 0 saturated carbocycles. The summed E-state index contributed by atoms with van der Waals surface area (Å²) in [5, 5.41) is 12.9. The summed E-state index contributed by atoms with van der Waals surface area (Å²) in [5.41, 5.74) is 6.93. The molecular weight excluding hydrogens is 428 g/mol. The Balaban J connectivity index is 1.58. The van der Waals surface area contributed by atoms with E-state index in [9.17, 15) is 0 Å². The number of rotatable bonds is 5. The van der Waals surface area contributed by atoms with Crippen molar-refractivity contribution in [3.05, 3.63) is 88.9 Å². The number of benzene rings is 3. The third-order valence-corrected chi connectivity index (χ3v) is 4.82. The molecule has 3 aromatic carbocycles. The lowest BCUT2D eigenvalue weighted by Crippen LogP contribution is -1.99. The van der Waals surface area contributed by atoms with Gasteiger partial charge in [-0.1, -0.05) is 58.4 Å². The van der Waals surface area contributed by atoms with Crippen molar-refractivity contribution in [3.63, 3.8) is 0 Å². The maximum absolute atomic E-state index is 4.63. The lowest BCUT2D eigenvalue weighted by atomic mass is 10.2. The Labute approximate surface area is 177 Å². The SMILES string of the molecule is CC(N=Nc1nc2ccccc2n1Cc1ccccc1)=NNc1ccc(Br)cc1. The van der Waals surface area contributed by atoms with E-state index in [4.69, 9.17) is 0 Å². The number of aromatic nitrogens is 2. The smallest absolute Gasteiger partial charge is 0.250 e. The van der Waals surface area contributed by atoms with Gasteiger partial charge in [0.1, 0.15) is 0 Å². The van der Waals surface area contributed by atoms with Crippen LogP contribution in [-0.2, 0) is 6.54 Å². The molecule has 0 aliphatic heterocycles. The molecule has 0 atom stereocenters. The van der Waals surface area contributed by atoms with E-state index in [0.29, 0.717) is 18.3 Å². The van der Waals surface area contributed by atoms with Crippen molar-refractivity contribution >= 4 is 44.4 Å². The summed E-state index contributed by atoms with van der Waals surface area (Å²) in [5.74, 6) is 1.06. The molecule has 4 aromatic rings. The zero-order chi connectivity index (χ0) is 20.1. The second-order valence-electron chi connectivity index (χ2n) is 6.45. The van der Waals surface area contributed by atoms with Crippen molar-refractivity contribution in [1.82, 2.24) is 9.55 Å². The van der Waals surface area contributed by atoms with Gasteiger partial charge in [-0.05, 0) is 48.9 Å². The van der Waals surface area contributed by atoms with E-state index in [2.05, 4.69) is 58.4 Å². The molecule has 6 nitrogen and oxygen atoms in total. The predicted octanol–water partition coefficient (Wildman–Crippen LogP) is 6.38. The monoisotopic (exact) mass is 446 g/mol. The largest absolute Gasteiger partial charge is 0.303 e. The Morgan fingerprint density at radius 3 is 2.48 bits per heavy atom. The van der Waals surface area contributed by atoms with Gasteiger partial charge in [-0.2, -0.15) is 5.10 Å². The van der Waals surface area contributed by atoms with E-state index in [1.54, 1.807) is 6.92 Å². The van der Waals surface area contributed by atoms with E-state index < -0.39 is 0 Å². The number of para-hydroxylation sites is 2. The average Bonchev–Trinajstić information content (AvgIpc) is 3.10. The van der Waals surface area contributed by atoms with Gasteiger partial charge in [0.2, 0.25) is 0 Å². The lowest BCUT2D eigenvalue weighted by molar-refractivity contribution is 0.817. The molecule has 4 rings (SSSR count).